The molecule has 12 heavy (non-hydrogen) atoms. The summed E-state index contributed by atoms with van der Waals surface area (Å²) in [5, 5.41) is 8.43. The largest absolute Gasteiger partial charge is 0.478 e. The molecule has 0 aromatic rings. The fourth-order valence-electron chi connectivity index (χ4n) is 0.617. The Hall–Kier alpha value is -1.09. The molecule has 0 aliphatic heterocycles. The molecule has 0 aliphatic rings. The van der Waals surface area contributed by atoms with Gasteiger partial charge in [-0.3, -0.25) is 0 Å². The lowest BCUT2D eigenvalue weighted by Gasteiger charge is -1.93. The normalized spacial score (nSPS) is 10.4. The highest BCUT2D eigenvalue weighted by Gasteiger charge is 1.98. The van der Waals surface area contributed by atoms with Gasteiger partial charge in [0.25, 0.3) is 0 Å². The number of hydrogen-bond acceptors (Lipinski definition) is 2. The number of carbonyl (C=O) groups is 1. The van der Waals surface area contributed by atoms with Crippen LogP contribution < -0.4 is 0 Å². The van der Waals surface area contributed by atoms with Gasteiger partial charge in [-0.1, -0.05) is 18.7 Å². The molecule has 3 nitrogen and oxygen atoms in total. The minimum atomic E-state index is -0.939. The molecule has 0 fully saturated rings. The van der Waals surface area contributed by atoms with Gasteiger partial charge in [0.1, 0.15) is 0 Å². The van der Waals surface area contributed by atoms with Crippen molar-refractivity contribution in [1.82, 2.24) is 0 Å². The Morgan fingerprint density at radius 1 is 1.58 bits per heavy atom. The summed E-state index contributed by atoms with van der Waals surface area (Å²) in [6.07, 6.45) is 4.88. The zero-order valence-corrected chi connectivity index (χ0v) is 7.25. The highest BCUT2D eigenvalue weighted by Crippen LogP contribution is 1.99. The molecule has 0 heterocycles. The minimum Gasteiger partial charge on any atom is -0.478 e. The number of aliphatic carboxylic acids is 1. The van der Waals surface area contributed by atoms with Crippen LogP contribution in [0.4, 0.5) is 0 Å². The maximum Gasteiger partial charge on any atom is 0.331 e. The summed E-state index contributed by atoms with van der Waals surface area (Å²) in [4.78, 5) is 10.3. The van der Waals surface area contributed by atoms with Gasteiger partial charge >= 0.3 is 5.97 Å². The highest BCUT2D eigenvalue weighted by molar-refractivity contribution is 5.85. The Kier molecular flexibility index (Phi) is 6.01. The fourth-order valence-corrected chi connectivity index (χ4v) is 0.617. The van der Waals surface area contributed by atoms with E-state index in [2.05, 4.69) is 6.58 Å². The number of hydrogen-bond donors (Lipinski definition) is 1. The summed E-state index contributed by atoms with van der Waals surface area (Å²) >= 11 is 0. The molecule has 0 saturated carbocycles. The Balaban J connectivity index is 3.47. The summed E-state index contributed by atoms with van der Waals surface area (Å²) in [6.45, 7) is 4.05. The van der Waals surface area contributed by atoms with E-state index in [0.29, 0.717) is 13.0 Å². The second-order valence-electron chi connectivity index (χ2n) is 2.37. The molecule has 0 unspecified atom stereocenters. The van der Waals surface area contributed by atoms with Crippen LogP contribution in [-0.4, -0.2) is 24.8 Å². The van der Waals surface area contributed by atoms with E-state index in [1.807, 2.05) is 6.08 Å². The van der Waals surface area contributed by atoms with Gasteiger partial charge in [0.05, 0.1) is 0 Å². The third kappa shape index (κ3) is 5.68. The van der Waals surface area contributed by atoms with E-state index in [9.17, 15) is 4.79 Å². The van der Waals surface area contributed by atoms with E-state index in [-0.39, 0.29) is 5.57 Å². The molecule has 0 saturated heterocycles. The van der Waals surface area contributed by atoms with Crippen molar-refractivity contribution in [2.45, 2.75) is 12.8 Å². The average molecular weight is 170 g/mol. The van der Waals surface area contributed by atoms with Crippen molar-refractivity contribution in [3.8, 4) is 0 Å². The Bertz CT molecular complexity index is 182. The molecule has 0 bridgehead atoms. The maximum atomic E-state index is 10.3. The molecule has 0 amide bonds. The van der Waals surface area contributed by atoms with Crippen LogP contribution >= 0.6 is 0 Å². The van der Waals surface area contributed by atoms with Gasteiger partial charge in [-0.2, -0.15) is 0 Å². The van der Waals surface area contributed by atoms with Gasteiger partial charge in [0.2, 0.25) is 0 Å². The van der Waals surface area contributed by atoms with Crippen LogP contribution in [0.1, 0.15) is 12.8 Å². The number of rotatable bonds is 6. The average Bonchev–Trinajstić information content (AvgIpc) is 2.03. The number of methoxy groups -OCH3 is 1. The van der Waals surface area contributed by atoms with Gasteiger partial charge < -0.3 is 9.84 Å². The van der Waals surface area contributed by atoms with E-state index >= 15 is 0 Å². The van der Waals surface area contributed by atoms with Gasteiger partial charge in [-0.15, -0.1) is 0 Å². The van der Waals surface area contributed by atoms with Gasteiger partial charge in [-0.05, 0) is 12.8 Å². The third-order valence-corrected chi connectivity index (χ3v) is 1.32. The van der Waals surface area contributed by atoms with Crippen LogP contribution in [0.15, 0.2) is 24.3 Å². The first-order chi connectivity index (χ1) is 5.68. The summed E-state index contributed by atoms with van der Waals surface area (Å²) in [6, 6.07) is 0. The number of allylic oxidation sites excluding steroid dienone is 1. The van der Waals surface area contributed by atoms with E-state index in [4.69, 9.17) is 9.84 Å². The second kappa shape index (κ2) is 6.61. The summed E-state index contributed by atoms with van der Waals surface area (Å²) < 4.78 is 4.81. The van der Waals surface area contributed by atoms with Gasteiger partial charge in [0.15, 0.2) is 0 Å². The first kappa shape index (κ1) is 10.9. The van der Waals surface area contributed by atoms with Crippen LogP contribution in [0.3, 0.4) is 0 Å². The summed E-state index contributed by atoms with van der Waals surface area (Å²) in [7, 11) is 1.63. The van der Waals surface area contributed by atoms with E-state index in [1.165, 1.54) is 0 Å². The monoisotopic (exact) mass is 170 g/mol. The smallest absolute Gasteiger partial charge is 0.331 e. The molecular weight excluding hydrogens is 156 g/mol. The lowest BCUT2D eigenvalue weighted by atomic mass is 10.2. The quantitative estimate of drug-likeness (QED) is 0.374. The first-order valence-corrected chi connectivity index (χ1v) is 3.73. The van der Waals surface area contributed by atoms with Crippen molar-refractivity contribution in [2.24, 2.45) is 0 Å². The Morgan fingerprint density at radius 3 is 2.75 bits per heavy atom. The van der Waals surface area contributed by atoms with Crippen molar-refractivity contribution in [2.75, 3.05) is 13.7 Å². The SMILES string of the molecule is C=C(CC=CCCOC)C(=O)O. The van der Waals surface area contributed by atoms with Crippen molar-refractivity contribution >= 4 is 5.97 Å². The molecule has 0 aliphatic carbocycles. The molecule has 0 rings (SSSR count). The predicted octanol–water partition coefficient (Wildman–Crippen LogP) is 1.61. The van der Waals surface area contributed by atoms with Crippen LogP contribution in [0, 0.1) is 0 Å². The first-order valence-electron chi connectivity index (χ1n) is 3.73. The van der Waals surface area contributed by atoms with Crippen molar-refractivity contribution in [3.05, 3.63) is 24.3 Å². The second-order valence-corrected chi connectivity index (χ2v) is 2.37. The minimum absolute atomic E-state index is 0.212. The molecule has 68 valence electrons. The molecule has 0 aromatic heterocycles. The van der Waals surface area contributed by atoms with E-state index in [0.717, 1.165) is 6.42 Å². The van der Waals surface area contributed by atoms with Crippen LogP contribution in [0.25, 0.3) is 0 Å². The topological polar surface area (TPSA) is 46.5 Å². The van der Waals surface area contributed by atoms with Gasteiger partial charge in [0, 0.05) is 19.3 Å². The molecule has 1 N–H and O–H groups in total. The molecule has 0 aromatic carbocycles. The zero-order valence-electron chi connectivity index (χ0n) is 7.25. The fraction of sp³-hybridized carbons (Fsp3) is 0.444. The lowest BCUT2D eigenvalue weighted by Crippen LogP contribution is -1.96. The Morgan fingerprint density at radius 2 is 2.25 bits per heavy atom. The van der Waals surface area contributed by atoms with Crippen LogP contribution in [0.2, 0.25) is 0 Å². The number of ether oxygens (including phenoxy) is 1. The standard InChI is InChI=1S/C9H14O3/c1-8(9(10)11)6-4-3-5-7-12-2/h3-4H,1,5-7H2,2H3,(H,10,11). The van der Waals surface area contributed by atoms with Crippen molar-refractivity contribution in [3.63, 3.8) is 0 Å². The Labute approximate surface area is 72.3 Å². The summed E-state index contributed by atoms with van der Waals surface area (Å²) in [5.41, 5.74) is 0.212. The zero-order chi connectivity index (χ0) is 9.40. The van der Waals surface area contributed by atoms with Crippen molar-refractivity contribution < 1.29 is 14.6 Å². The molecule has 3 heteroatoms. The van der Waals surface area contributed by atoms with E-state index < -0.39 is 5.97 Å². The van der Waals surface area contributed by atoms with Crippen LogP contribution in [-0.2, 0) is 9.53 Å². The maximum absolute atomic E-state index is 10.3. The number of carboxylic acid groups (broad SMARTS) is 1. The summed E-state index contributed by atoms with van der Waals surface area (Å²) in [5.74, 6) is -0.939. The number of carboxylic acids is 1. The third-order valence-electron chi connectivity index (χ3n) is 1.32. The predicted molar refractivity (Wildman–Crippen MR) is 47.0 cm³/mol. The van der Waals surface area contributed by atoms with E-state index in [1.54, 1.807) is 13.2 Å². The van der Waals surface area contributed by atoms with Crippen LogP contribution in [0.5, 0.6) is 0 Å². The highest BCUT2D eigenvalue weighted by atomic mass is 16.5. The molecule has 0 atom stereocenters. The van der Waals surface area contributed by atoms with Gasteiger partial charge in [-0.25, -0.2) is 4.79 Å². The molecule has 0 spiro atoms. The molecule has 0 radical (unpaired) electrons. The lowest BCUT2D eigenvalue weighted by molar-refractivity contribution is -0.132. The molecular formula is C9H14O3. The van der Waals surface area contributed by atoms with Crippen molar-refractivity contribution in [1.29, 1.82) is 0 Å².